The number of nitrogens with one attached hydrogen (secondary N) is 1. The van der Waals surface area contributed by atoms with Crippen molar-refractivity contribution >= 4 is 0 Å². The highest BCUT2D eigenvalue weighted by molar-refractivity contribution is 4.90. The van der Waals surface area contributed by atoms with Crippen LogP contribution in [0.1, 0.15) is 39.0 Å². The van der Waals surface area contributed by atoms with Crippen LogP contribution in [0.15, 0.2) is 0 Å². The molecule has 0 aromatic rings. The third kappa shape index (κ3) is 2.96. The zero-order chi connectivity index (χ0) is 11.4. The average molecular weight is 226 g/mol. The summed E-state index contributed by atoms with van der Waals surface area (Å²) in [5, 5.41) is 3.77. The van der Waals surface area contributed by atoms with E-state index in [0.717, 1.165) is 18.7 Å². The predicted molar refractivity (Wildman–Crippen MR) is 66.7 cm³/mol. The molecule has 0 aromatic carbocycles. The summed E-state index contributed by atoms with van der Waals surface area (Å²) in [6.07, 6.45) is 6.65. The molecule has 2 aliphatic heterocycles. The average Bonchev–Trinajstić information content (AvgIpc) is 2.75. The fraction of sp³-hybridized carbons (Fsp3) is 1.00. The van der Waals surface area contributed by atoms with Crippen LogP contribution in [0.25, 0.3) is 0 Å². The van der Waals surface area contributed by atoms with Crippen LogP contribution in [0.3, 0.4) is 0 Å². The summed E-state index contributed by atoms with van der Waals surface area (Å²) in [6, 6.07) is 2.13. The predicted octanol–water partition coefficient (Wildman–Crippen LogP) is 1.63. The number of piperidine rings is 1. The molecule has 0 aromatic heterocycles. The van der Waals surface area contributed by atoms with Gasteiger partial charge in [-0.05, 0) is 45.2 Å². The van der Waals surface area contributed by atoms with Gasteiger partial charge in [-0.1, -0.05) is 6.92 Å². The standard InChI is InChI=1S/C13H26N2O/c1-3-11(10-16-2)14-12-6-8-15-7-4-5-13(15)9-12/h11-14H,3-10H2,1-2H3. The molecule has 2 saturated heterocycles. The summed E-state index contributed by atoms with van der Waals surface area (Å²) in [5.41, 5.74) is 0. The summed E-state index contributed by atoms with van der Waals surface area (Å²) >= 11 is 0. The summed E-state index contributed by atoms with van der Waals surface area (Å²) in [7, 11) is 1.80. The summed E-state index contributed by atoms with van der Waals surface area (Å²) in [4.78, 5) is 2.68. The monoisotopic (exact) mass is 226 g/mol. The molecule has 0 saturated carbocycles. The number of rotatable bonds is 5. The van der Waals surface area contributed by atoms with E-state index in [1.165, 1.54) is 45.2 Å². The largest absolute Gasteiger partial charge is 0.383 e. The maximum atomic E-state index is 5.25. The Balaban J connectivity index is 1.77. The molecule has 3 atom stereocenters. The highest BCUT2D eigenvalue weighted by atomic mass is 16.5. The minimum Gasteiger partial charge on any atom is -0.383 e. The van der Waals surface area contributed by atoms with Gasteiger partial charge >= 0.3 is 0 Å². The molecule has 3 heteroatoms. The van der Waals surface area contributed by atoms with Gasteiger partial charge in [0.05, 0.1) is 6.61 Å². The van der Waals surface area contributed by atoms with E-state index in [1.807, 2.05) is 0 Å². The Kier molecular flexibility index (Phi) is 4.62. The van der Waals surface area contributed by atoms with Gasteiger partial charge in [0.2, 0.25) is 0 Å². The Labute approximate surface area is 99.5 Å². The first-order valence-corrected chi connectivity index (χ1v) is 6.82. The molecule has 2 aliphatic rings. The maximum absolute atomic E-state index is 5.25. The Morgan fingerprint density at radius 2 is 2.25 bits per heavy atom. The van der Waals surface area contributed by atoms with Gasteiger partial charge in [-0.3, -0.25) is 0 Å². The number of hydrogen-bond donors (Lipinski definition) is 1. The first-order chi connectivity index (χ1) is 7.83. The number of nitrogens with zero attached hydrogens (tertiary/aromatic N) is 1. The second kappa shape index (κ2) is 5.99. The molecule has 0 radical (unpaired) electrons. The van der Waals surface area contributed by atoms with Gasteiger partial charge in [0, 0.05) is 25.2 Å². The van der Waals surface area contributed by atoms with Crippen molar-refractivity contribution in [3.05, 3.63) is 0 Å². The van der Waals surface area contributed by atoms with Gasteiger partial charge in [-0.2, -0.15) is 0 Å². The van der Waals surface area contributed by atoms with Crippen molar-refractivity contribution < 1.29 is 4.74 Å². The van der Waals surface area contributed by atoms with E-state index in [1.54, 1.807) is 7.11 Å². The van der Waals surface area contributed by atoms with E-state index >= 15 is 0 Å². The molecule has 0 bridgehead atoms. The molecule has 2 heterocycles. The van der Waals surface area contributed by atoms with Gasteiger partial charge in [0.25, 0.3) is 0 Å². The zero-order valence-corrected chi connectivity index (χ0v) is 10.7. The van der Waals surface area contributed by atoms with E-state index in [4.69, 9.17) is 4.74 Å². The summed E-state index contributed by atoms with van der Waals surface area (Å²) < 4.78 is 5.25. The molecule has 1 N–H and O–H groups in total. The van der Waals surface area contributed by atoms with Crippen LogP contribution in [-0.2, 0) is 4.74 Å². The maximum Gasteiger partial charge on any atom is 0.0615 e. The SMILES string of the molecule is CCC(COC)NC1CCN2CCCC2C1. The lowest BCUT2D eigenvalue weighted by Gasteiger charge is -2.36. The molecule has 16 heavy (non-hydrogen) atoms. The van der Waals surface area contributed by atoms with Crippen LogP contribution < -0.4 is 5.32 Å². The van der Waals surface area contributed by atoms with E-state index in [0.29, 0.717) is 6.04 Å². The lowest BCUT2D eigenvalue weighted by atomic mass is 9.96. The van der Waals surface area contributed by atoms with Gasteiger partial charge in [-0.25, -0.2) is 0 Å². The van der Waals surface area contributed by atoms with Crippen LogP contribution in [0.5, 0.6) is 0 Å². The van der Waals surface area contributed by atoms with Gasteiger partial charge in [0.15, 0.2) is 0 Å². The molecular formula is C13H26N2O. The van der Waals surface area contributed by atoms with E-state index in [2.05, 4.69) is 17.1 Å². The number of methoxy groups -OCH3 is 1. The fourth-order valence-electron chi connectivity index (χ4n) is 3.19. The first-order valence-electron chi connectivity index (χ1n) is 6.82. The Morgan fingerprint density at radius 3 is 3.00 bits per heavy atom. The minimum absolute atomic E-state index is 0.544. The van der Waals surface area contributed by atoms with Crippen molar-refractivity contribution in [1.82, 2.24) is 10.2 Å². The summed E-state index contributed by atoms with van der Waals surface area (Å²) in [5.74, 6) is 0. The van der Waals surface area contributed by atoms with Crippen LogP contribution >= 0.6 is 0 Å². The molecule has 0 spiro atoms. The second-order valence-corrected chi connectivity index (χ2v) is 5.28. The molecule has 3 unspecified atom stereocenters. The molecule has 2 fully saturated rings. The van der Waals surface area contributed by atoms with Crippen LogP contribution in [-0.4, -0.2) is 49.8 Å². The highest BCUT2D eigenvalue weighted by Crippen LogP contribution is 2.27. The molecule has 0 amide bonds. The second-order valence-electron chi connectivity index (χ2n) is 5.28. The van der Waals surface area contributed by atoms with Crippen LogP contribution in [0.2, 0.25) is 0 Å². The molecule has 94 valence electrons. The quantitative estimate of drug-likeness (QED) is 0.771. The highest BCUT2D eigenvalue weighted by Gasteiger charge is 2.32. The summed E-state index contributed by atoms with van der Waals surface area (Å²) in [6.45, 7) is 5.72. The topological polar surface area (TPSA) is 24.5 Å². The van der Waals surface area contributed by atoms with Crippen molar-refractivity contribution in [2.75, 3.05) is 26.8 Å². The smallest absolute Gasteiger partial charge is 0.0615 e. The van der Waals surface area contributed by atoms with Gasteiger partial charge in [0.1, 0.15) is 0 Å². The number of fused-ring (bicyclic) bond motifs is 1. The lowest BCUT2D eigenvalue weighted by molar-refractivity contribution is 0.128. The third-order valence-electron chi connectivity index (χ3n) is 4.15. The van der Waals surface area contributed by atoms with E-state index < -0.39 is 0 Å². The van der Waals surface area contributed by atoms with Crippen molar-refractivity contribution in [2.24, 2.45) is 0 Å². The van der Waals surface area contributed by atoms with Crippen molar-refractivity contribution in [3.63, 3.8) is 0 Å². The third-order valence-corrected chi connectivity index (χ3v) is 4.15. The van der Waals surface area contributed by atoms with Crippen LogP contribution in [0.4, 0.5) is 0 Å². The van der Waals surface area contributed by atoms with Gasteiger partial charge < -0.3 is 15.0 Å². The molecule has 0 aliphatic carbocycles. The lowest BCUT2D eigenvalue weighted by Crippen LogP contribution is -2.49. The Bertz CT molecular complexity index is 210. The van der Waals surface area contributed by atoms with Crippen molar-refractivity contribution in [2.45, 2.75) is 57.2 Å². The number of ether oxygens (including phenoxy) is 1. The van der Waals surface area contributed by atoms with E-state index in [-0.39, 0.29) is 0 Å². The normalized spacial score (nSPS) is 32.6. The molecule has 2 rings (SSSR count). The Hall–Kier alpha value is -0.120. The number of hydrogen-bond acceptors (Lipinski definition) is 3. The Morgan fingerprint density at radius 1 is 1.38 bits per heavy atom. The van der Waals surface area contributed by atoms with Crippen LogP contribution in [0, 0.1) is 0 Å². The first kappa shape index (κ1) is 12.3. The van der Waals surface area contributed by atoms with Crippen molar-refractivity contribution in [3.8, 4) is 0 Å². The molecular weight excluding hydrogens is 200 g/mol. The zero-order valence-electron chi connectivity index (χ0n) is 10.7. The fourth-order valence-corrected chi connectivity index (χ4v) is 3.19. The van der Waals surface area contributed by atoms with E-state index in [9.17, 15) is 0 Å². The minimum atomic E-state index is 0.544. The van der Waals surface area contributed by atoms with Gasteiger partial charge in [-0.15, -0.1) is 0 Å². The van der Waals surface area contributed by atoms with Crippen molar-refractivity contribution in [1.29, 1.82) is 0 Å². The molecule has 3 nitrogen and oxygen atoms in total.